The Morgan fingerprint density at radius 2 is 1.91 bits per heavy atom. The van der Waals surface area contributed by atoms with Gasteiger partial charge in [0, 0.05) is 24.1 Å². The van der Waals surface area contributed by atoms with Gasteiger partial charge in [0.2, 0.25) is 5.91 Å². The lowest BCUT2D eigenvalue weighted by molar-refractivity contribution is -0.117. The van der Waals surface area contributed by atoms with Crippen LogP contribution in [-0.2, 0) is 14.3 Å². The first-order chi connectivity index (χ1) is 15.8. The van der Waals surface area contributed by atoms with Crippen LogP contribution in [0.3, 0.4) is 0 Å². The number of aliphatic hydroxyl groups is 1. The van der Waals surface area contributed by atoms with E-state index in [0.29, 0.717) is 17.7 Å². The molecular formula is C26H35NO5S. The average molecular weight is 474 g/mol. The summed E-state index contributed by atoms with van der Waals surface area (Å²) in [4.78, 5) is 28.3. The predicted molar refractivity (Wildman–Crippen MR) is 131 cm³/mol. The van der Waals surface area contributed by atoms with Gasteiger partial charge in [0.15, 0.2) is 0 Å². The number of ether oxygens (including phenoxy) is 2. The van der Waals surface area contributed by atoms with Gasteiger partial charge in [-0.2, -0.15) is 0 Å². The van der Waals surface area contributed by atoms with Gasteiger partial charge in [-0.15, -0.1) is 11.3 Å². The van der Waals surface area contributed by atoms with Gasteiger partial charge in [-0.1, -0.05) is 38.3 Å². The largest absolute Gasteiger partial charge is 0.459 e. The number of unbranched alkanes of at least 4 members (excludes halogenated alkanes) is 2. The summed E-state index contributed by atoms with van der Waals surface area (Å²) in [6, 6.07) is 11.1. The summed E-state index contributed by atoms with van der Waals surface area (Å²) in [6.07, 6.45) is 4.06. The van der Waals surface area contributed by atoms with Crippen molar-refractivity contribution in [1.82, 2.24) is 0 Å². The highest BCUT2D eigenvalue weighted by Gasteiger charge is 2.39. The number of benzene rings is 1. The molecule has 1 aliphatic heterocycles. The number of thiophene rings is 1. The number of esters is 1. The van der Waals surface area contributed by atoms with Gasteiger partial charge in [-0.25, -0.2) is 4.79 Å². The summed E-state index contributed by atoms with van der Waals surface area (Å²) in [5, 5.41) is 10.4. The number of hydrogen-bond donors (Lipinski definition) is 1. The summed E-state index contributed by atoms with van der Waals surface area (Å²) >= 11 is 1.35. The molecule has 1 amide bonds. The summed E-state index contributed by atoms with van der Waals surface area (Å²) in [6.45, 7) is 5.79. The molecule has 2 aromatic rings. The second-order valence-corrected chi connectivity index (χ2v) is 9.90. The average Bonchev–Trinajstić information content (AvgIpc) is 3.42. The fraction of sp³-hybridized carbons (Fsp3) is 0.538. The number of amides is 1. The van der Waals surface area contributed by atoms with Crippen LogP contribution >= 0.6 is 11.3 Å². The van der Waals surface area contributed by atoms with E-state index in [1.165, 1.54) is 11.3 Å². The van der Waals surface area contributed by atoms with Crippen LogP contribution < -0.4 is 4.90 Å². The molecule has 1 saturated heterocycles. The maximum atomic E-state index is 12.8. The van der Waals surface area contributed by atoms with Crippen molar-refractivity contribution in [2.45, 2.75) is 83.6 Å². The third kappa shape index (κ3) is 6.22. The number of carbonyl (C=O) groups is 2. The molecular weight excluding hydrogens is 438 g/mol. The molecule has 1 aromatic heterocycles. The van der Waals surface area contributed by atoms with Crippen molar-refractivity contribution in [3.8, 4) is 0 Å². The van der Waals surface area contributed by atoms with Gasteiger partial charge < -0.3 is 19.5 Å². The van der Waals surface area contributed by atoms with Gasteiger partial charge in [0.05, 0.1) is 18.2 Å². The lowest BCUT2D eigenvalue weighted by Gasteiger charge is -2.30. The quantitative estimate of drug-likeness (QED) is 0.329. The number of anilines is 1. The van der Waals surface area contributed by atoms with E-state index >= 15 is 0 Å². The lowest BCUT2D eigenvalue weighted by atomic mass is 10.0. The fourth-order valence-corrected chi connectivity index (χ4v) is 5.32. The smallest absolute Gasteiger partial charge is 0.348 e. The van der Waals surface area contributed by atoms with Crippen molar-refractivity contribution in [3.05, 3.63) is 51.7 Å². The summed E-state index contributed by atoms with van der Waals surface area (Å²) in [5.74, 6) is -0.294. The molecule has 0 spiro atoms. The Bertz CT molecular complexity index is 923. The van der Waals surface area contributed by atoms with Gasteiger partial charge in [0.25, 0.3) is 0 Å². The van der Waals surface area contributed by atoms with Crippen LogP contribution in [0.2, 0.25) is 0 Å². The van der Waals surface area contributed by atoms with E-state index in [4.69, 9.17) is 9.47 Å². The van der Waals surface area contributed by atoms with E-state index < -0.39 is 6.10 Å². The molecule has 1 fully saturated rings. The van der Waals surface area contributed by atoms with Crippen molar-refractivity contribution in [3.63, 3.8) is 0 Å². The van der Waals surface area contributed by atoms with E-state index in [9.17, 15) is 14.7 Å². The minimum atomic E-state index is -0.488. The zero-order valence-electron chi connectivity index (χ0n) is 20.0. The molecule has 0 aliphatic carbocycles. The molecule has 3 atom stereocenters. The maximum absolute atomic E-state index is 12.8. The first-order valence-corrected chi connectivity index (χ1v) is 12.6. The SMILES string of the molecule is CCCCCC(O)c1ccc(N2C(=O)CCC2[C@H](OC)c2ccc(C(=O)OC(C)C)s2)cc1. The van der Waals surface area contributed by atoms with Gasteiger partial charge in [-0.3, -0.25) is 4.79 Å². The second kappa shape index (κ2) is 11.8. The third-order valence-electron chi connectivity index (χ3n) is 5.95. The number of nitrogens with zero attached hydrogens (tertiary/aromatic N) is 1. The van der Waals surface area contributed by atoms with Gasteiger partial charge >= 0.3 is 5.97 Å². The first kappa shape index (κ1) is 25.4. The second-order valence-electron chi connectivity index (χ2n) is 8.79. The van der Waals surface area contributed by atoms with Crippen LogP contribution in [0, 0.1) is 0 Å². The molecule has 1 aliphatic rings. The Hall–Kier alpha value is -2.22. The summed E-state index contributed by atoms with van der Waals surface area (Å²) in [7, 11) is 1.63. The van der Waals surface area contributed by atoms with E-state index in [0.717, 1.165) is 41.8 Å². The normalized spacial score (nSPS) is 18.1. The molecule has 2 unspecified atom stereocenters. The van der Waals surface area contributed by atoms with E-state index in [-0.39, 0.29) is 30.1 Å². The van der Waals surface area contributed by atoms with E-state index in [2.05, 4.69) is 6.92 Å². The topological polar surface area (TPSA) is 76.1 Å². The molecule has 1 N–H and O–H groups in total. The molecule has 7 heteroatoms. The van der Waals surface area contributed by atoms with Crippen molar-refractivity contribution in [1.29, 1.82) is 0 Å². The molecule has 6 nitrogen and oxygen atoms in total. The number of rotatable bonds is 11. The highest BCUT2D eigenvalue weighted by atomic mass is 32.1. The lowest BCUT2D eigenvalue weighted by Crippen LogP contribution is -2.37. The number of carbonyl (C=O) groups excluding carboxylic acids is 2. The Morgan fingerprint density at radius 3 is 2.55 bits per heavy atom. The minimum absolute atomic E-state index is 0.0503. The Balaban J connectivity index is 1.77. The zero-order valence-corrected chi connectivity index (χ0v) is 20.8. The minimum Gasteiger partial charge on any atom is -0.459 e. The monoisotopic (exact) mass is 473 g/mol. The third-order valence-corrected chi connectivity index (χ3v) is 7.07. The maximum Gasteiger partial charge on any atom is 0.348 e. The predicted octanol–water partition coefficient (Wildman–Crippen LogP) is 5.81. The Morgan fingerprint density at radius 1 is 1.18 bits per heavy atom. The zero-order chi connectivity index (χ0) is 24.0. The molecule has 1 aromatic carbocycles. The molecule has 0 radical (unpaired) electrons. The van der Waals surface area contributed by atoms with Crippen LogP contribution in [0.1, 0.15) is 91.6 Å². The van der Waals surface area contributed by atoms with Crippen molar-refractivity contribution in [2.75, 3.05) is 12.0 Å². The highest BCUT2D eigenvalue weighted by molar-refractivity contribution is 7.14. The highest BCUT2D eigenvalue weighted by Crippen LogP contribution is 2.39. The molecule has 33 heavy (non-hydrogen) atoms. The van der Waals surface area contributed by atoms with E-state index in [1.54, 1.807) is 18.1 Å². The molecule has 2 heterocycles. The Kier molecular flexibility index (Phi) is 9.06. The van der Waals surface area contributed by atoms with E-state index in [1.807, 2.05) is 44.2 Å². The van der Waals surface area contributed by atoms with Crippen LogP contribution in [0.25, 0.3) is 0 Å². The van der Waals surface area contributed by atoms with Gasteiger partial charge in [0.1, 0.15) is 11.0 Å². The molecule has 0 saturated carbocycles. The molecule has 0 bridgehead atoms. The van der Waals surface area contributed by atoms with Crippen molar-refractivity contribution < 1.29 is 24.2 Å². The standard InChI is InChI=1S/C26H35NO5S/c1-5-6-7-8-21(28)18-9-11-19(12-10-18)27-20(13-16-24(27)29)25(31-4)22-14-15-23(33-22)26(30)32-17(2)3/h9-12,14-15,17,20-21,25,28H,5-8,13,16H2,1-4H3/t20?,21?,25-/m0/s1. The van der Waals surface area contributed by atoms with Crippen LogP contribution in [-0.4, -0.2) is 36.2 Å². The number of methoxy groups -OCH3 is 1. The molecule has 3 rings (SSSR count). The summed E-state index contributed by atoms with van der Waals surface area (Å²) < 4.78 is 11.1. The van der Waals surface area contributed by atoms with Crippen molar-refractivity contribution in [2.24, 2.45) is 0 Å². The molecule has 180 valence electrons. The Labute approximate surface area is 200 Å². The van der Waals surface area contributed by atoms with Crippen LogP contribution in [0.15, 0.2) is 36.4 Å². The van der Waals surface area contributed by atoms with Crippen molar-refractivity contribution >= 4 is 28.9 Å². The fourth-order valence-electron chi connectivity index (χ4n) is 4.29. The van der Waals surface area contributed by atoms with Gasteiger partial charge in [-0.05, 0) is 56.5 Å². The first-order valence-electron chi connectivity index (χ1n) is 11.8. The summed E-state index contributed by atoms with van der Waals surface area (Å²) in [5.41, 5.74) is 1.66. The number of hydrogen-bond acceptors (Lipinski definition) is 6. The van der Waals surface area contributed by atoms with Crippen LogP contribution in [0.5, 0.6) is 0 Å². The number of aliphatic hydroxyl groups excluding tert-OH is 1. The van der Waals surface area contributed by atoms with Crippen LogP contribution in [0.4, 0.5) is 5.69 Å².